The van der Waals surface area contributed by atoms with E-state index in [1.807, 2.05) is 26.0 Å². The highest BCUT2D eigenvalue weighted by molar-refractivity contribution is 5.78. The fourth-order valence-electron chi connectivity index (χ4n) is 2.85. The van der Waals surface area contributed by atoms with Gasteiger partial charge in [-0.1, -0.05) is 45.0 Å². The Morgan fingerprint density at radius 3 is 2.36 bits per heavy atom. The van der Waals surface area contributed by atoms with E-state index in [4.69, 9.17) is 9.47 Å². The number of hydrogen-bond donors (Lipinski definition) is 1. The lowest BCUT2D eigenvalue weighted by molar-refractivity contribution is -0.385. The second-order valence-corrected chi connectivity index (χ2v) is 6.77. The van der Waals surface area contributed by atoms with Crippen LogP contribution in [0.5, 0.6) is 11.5 Å². The number of methoxy groups -OCH3 is 1. The zero-order valence-electron chi connectivity index (χ0n) is 16.6. The minimum absolute atomic E-state index is 0.132. The molecule has 0 saturated heterocycles. The number of nitro benzene ring substituents is 1. The monoisotopic (exact) mass is 386 g/mol. The van der Waals surface area contributed by atoms with Gasteiger partial charge in [-0.15, -0.1) is 0 Å². The van der Waals surface area contributed by atoms with Crippen LogP contribution in [-0.4, -0.2) is 24.5 Å². The molecule has 0 unspecified atom stereocenters. The first-order valence-corrected chi connectivity index (χ1v) is 9.19. The maximum atomic E-state index is 12.4. The summed E-state index contributed by atoms with van der Waals surface area (Å²) in [6.45, 7) is 5.89. The Bertz CT molecular complexity index is 818. The third-order valence-corrected chi connectivity index (χ3v) is 4.45. The quantitative estimate of drug-likeness (QED) is 0.518. The van der Waals surface area contributed by atoms with Crippen LogP contribution in [0.15, 0.2) is 42.5 Å². The molecule has 2 aromatic carbocycles. The first kappa shape index (κ1) is 21.2. The molecule has 0 fully saturated rings. The van der Waals surface area contributed by atoms with Crippen molar-refractivity contribution in [2.24, 2.45) is 5.92 Å². The number of amides is 1. The molecule has 0 bridgehead atoms. The van der Waals surface area contributed by atoms with E-state index >= 15 is 0 Å². The van der Waals surface area contributed by atoms with E-state index in [1.54, 1.807) is 0 Å². The van der Waals surface area contributed by atoms with Crippen LogP contribution in [0.1, 0.15) is 37.9 Å². The molecular formula is C21H26N2O5. The Hall–Kier alpha value is -3.09. The molecule has 1 N–H and O–H groups in total. The van der Waals surface area contributed by atoms with Gasteiger partial charge in [0.2, 0.25) is 0 Å². The van der Waals surface area contributed by atoms with Crippen LogP contribution in [0.2, 0.25) is 0 Å². The van der Waals surface area contributed by atoms with Crippen LogP contribution in [-0.2, 0) is 11.2 Å². The number of nitro groups is 1. The minimum Gasteiger partial charge on any atom is -0.493 e. The number of carbonyl (C=O) groups excluding carboxylic acids is 1. The predicted octanol–water partition coefficient (Wildman–Crippen LogP) is 4.06. The SMILES string of the molecule is CCc1ccc([C@H](NC(=O)COc2cc([N+](=O)[O-])ccc2OC)C(C)C)cc1. The molecule has 0 saturated carbocycles. The normalized spacial score (nSPS) is 11.8. The summed E-state index contributed by atoms with van der Waals surface area (Å²) in [6, 6.07) is 12.0. The number of carbonyl (C=O) groups is 1. The average molecular weight is 386 g/mol. The van der Waals surface area contributed by atoms with Crippen molar-refractivity contribution in [3.63, 3.8) is 0 Å². The summed E-state index contributed by atoms with van der Waals surface area (Å²) in [5.74, 6) is 0.352. The van der Waals surface area contributed by atoms with Gasteiger partial charge in [0.25, 0.3) is 11.6 Å². The van der Waals surface area contributed by atoms with E-state index in [0.717, 1.165) is 12.0 Å². The summed E-state index contributed by atoms with van der Waals surface area (Å²) in [5.41, 5.74) is 2.12. The highest BCUT2D eigenvalue weighted by Crippen LogP contribution is 2.31. The van der Waals surface area contributed by atoms with Crippen molar-refractivity contribution >= 4 is 11.6 Å². The van der Waals surface area contributed by atoms with Crippen LogP contribution >= 0.6 is 0 Å². The van der Waals surface area contributed by atoms with Gasteiger partial charge >= 0.3 is 0 Å². The molecule has 0 aliphatic carbocycles. The van der Waals surface area contributed by atoms with Gasteiger partial charge in [0.05, 0.1) is 24.1 Å². The second kappa shape index (κ2) is 9.73. The summed E-state index contributed by atoms with van der Waals surface area (Å²) in [7, 11) is 1.43. The topological polar surface area (TPSA) is 90.7 Å². The predicted molar refractivity (Wildman–Crippen MR) is 107 cm³/mol. The lowest BCUT2D eigenvalue weighted by Gasteiger charge is -2.23. The fourth-order valence-corrected chi connectivity index (χ4v) is 2.85. The van der Waals surface area contributed by atoms with E-state index in [1.165, 1.54) is 30.9 Å². The number of nitrogens with zero attached hydrogens (tertiary/aromatic N) is 1. The van der Waals surface area contributed by atoms with Gasteiger partial charge in [0, 0.05) is 6.07 Å². The molecule has 0 heterocycles. The van der Waals surface area contributed by atoms with Crippen molar-refractivity contribution in [1.82, 2.24) is 5.32 Å². The van der Waals surface area contributed by atoms with E-state index in [2.05, 4.69) is 24.4 Å². The van der Waals surface area contributed by atoms with Crippen LogP contribution in [0.3, 0.4) is 0 Å². The van der Waals surface area contributed by atoms with Crippen molar-refractivity contribution in [3.8, 4) is 11.5 Å². The summed E-state index contributed by atoms with van der Waals surface area (Å²) in [4.78, 5) is 22.9. The lowest BCUT2D eigenvalue weighted by atomic mass is 9.95. The van der Waals surface area contributed by atoms with Gasteiger partial charge < -0.3 is 14.8 Å². The Kier molecular flexibility index (Phi) is 7.37. The number of nitrogens with one attached hydrogen (secondary N) is 1. The second-order valence-electron chi connectivity index (χ2n) is 6.77. The zero-order valence-corrected chi connectivity index (χ0v) is 16.6. The number of aryl methyl sites for hydroxylation is 1. The Morgan fingerprint density at radius 1 is 1.14 bits per heavy atom. The molecule has 2 aromatic rings. The average Bonchev–Trinajstić information content (AvgIpc) is 2.70. The van der Waals surface area contributed by atoms with Crippen molar-refractivity contribution < 1.29 is 19.2 Å². The van der Waals surface area contributed by atoms with Crippen LogP contribution < -0.4 is 14.8 Å². The van der Waals surface area contributed by atoms with Crippen molar-refractivity contribution in [1.29, 1.82) is 0 Å². The van der Waals surface area contributed by atoms with Crippen molar-refractivity contribution in [3.05, 3.63) is 63.7 Å². The molecule has 1 atom stereocenters. The van der Waals surface area contributed by atoms with Gasteiger partial charge in [-0.3, -0.25) is 14.9 Å². The lowest BCUT2D eigenvalue weighted by Crippen LogP contribution is -2.35. The number of ether oxygens (including phenoxy) is 2. The minimum atomic E-state index is -0.527. The summed E-state index contributed by atoms with van der Waals surface area (Å²) >= 11 is 0. The van der Waals surface area contributed by atoms with Crippen LogP contribution in [0, 0.1) is 16.0 Å². The first-order chi connectivity index (χ1) is 13.3. The molecule has 7 heteroatoms. The standard InChI is InChI=1S/C21H26N2O5/c1-5-15-6-8-16(9-7-15)21(14(2)3)22-20(24)13-28-19-12-17(23(25)26)10-11-18(19)27-4/h6-12,14,21H,5,13H2,1-4H3,(H,22,24)/t21-/m1/s1. The van der Waals surface area contributed by atoms with Crippen molar-refractivity contribution in [2.75, 3.05) is 13.7 Å². The molecule has 0 aromatic heterocycles. The largest absolute Gasteiger partial charge is 0.493 e. The molecule has 2 rings (SSSR count). The molecule has 0 radical (unpaired) electrons. The maximum Gasteiger partial charge on any atom is 0.273 e. The Balaban J connectivity index is 2.07. The van der Waals surface area contributed by atoms with Gasteiger partial charge in [-0.2, -0.15) is 0 Å². The summed E-state index contributed by atoms with van der Waals surface area (Å²) in [5, 5.41) is 13.9. The molecule has 7 nitrogen and oxygen atoms in total. The molecular weight excluding hydrogens is 360 g/mol. The molecule has 0 aliphatic rings. The van der Waals surface area contributed by atoms with E-state index < -0.39 is 4.92 Å². The Labute approximate surface area is 164 Å². The third-order valence-electron chi connectivity index (χ3n) is 4.45. The van der Waals surface area contributed by atoms with E-state index in [9.17, 15) is 14.9 Å². The van der Waals surface area contributed by atoms with Gasteiger partial charge in [0.1, 0.15) is 0 Å². The maximum absolute atomic E-state index is 12.4. The van der Waals surface area contributed by atoms with Gasteiger partial charge in [-0.25, -0.2) is 0 Å². The molecule has 0 aliphatic heterocycles. The van der Waals surface area contributed by atoms with Gasteiger partial charge in [0.15, 0.2) is 18.1 Å². The molecule has 1 amide bonds. The van der Waals surface area contributed by atoms with Crippen LogP contribution in [0.25, 0.3) is 0 Å². The summed E-state index contributed by atoms with van der Waals surface area (Å²) < 4.78 is 10.6. The smallest absolute Gasteiger partial charge is 0.273 e. The number of benzene rings is 2. The molecule has 28 heavy (non-hydrogen) atoms. The Morgan fingerprint density at radius 2 is 1.82 bits per heavy atom. The van der Waals surface area contributed by atoms with Crippen molar-refractivity contribution in [2.45, 2.75) is 33.2 Å². The summed E-state index contributed by atoms with van der Waals surface area (Å²) in [6.07, 6.45) is 0.956. The van der Waals surface area contributed by atoms with E-state index in [-0.39, 0.29) is 35.9 Å². The number of rotatable bonds is 9. The van der Waals surface area contributed by atoms with E-state index in [0.29, 0.717) is 5.75 Å². The third kappa shape index (κ3) is 5.45. The fraction of sp³-hybridized carbons (Fsp3) is 0.381. The zero-order chi connectivity index (χ0) is 20.7. The van der Waals surface area contributed by atoms with Gasteiger partial charge in [-0.05, 0) is 29.5 Å². The molecule has 150 valence electrons. The molecule has 0 spiro atoms. The van der Waals surface area contributed by atoms with Crippen LogP contribution in [0.4, 0.5) is 5.69 Å². The number of non-ortho nitro benzene ring substituents is 1. The number of hydrogen-bond acceptors (Lipinski definition) is 5. The first-order valence-electron chi connectivity index (χ1n) is 9.19. The highest BCUT2D eigenvalue weighted by Gasteiger charge is 2.19. The highest BCUT2D eigenvalue weighted by atomic mass is 16.6.